The van der Waals surface area contributed by atoms with Crippen molar-refractivity contribution in [2.45, 2.75) is 31.8 Å². The van der Waals surface area contributed by atoms with Gasteiger partial charge in [0.05, 0.1) is 17.5 Å². The van der Waals surface area contributed by atoms with Gasteiger partial charge in [-0.1, -0.05) is 36.4 Å². The zero-order valence-corrected chi connectivity index (χ0v) is 21.9. The molecule has 200 valence electrons. The average Bonchev–Trinajstić information content (AvgIpc) is 3.64. The fourth-order valence-electron chi connectivity index (χ4n) is 6.77. The first-order valence-electron chi connectivity index (χ1n) is 13.2. The lowest BCUT2D eigenvalue weighted by atomic mass is 9.76. The van der Waals surface area contributed by atoms with Gasteiger partial charge < -0.3 is 15.0 Å². The normalized spacial score (nSPS) is 25.0. The van der Waals surface area contributed by atoms with Crippen LogP contribution in [0.1, 0.15) is 23.6 Å². The predicted octanol–water partition coefficient (Wildman–Crippen LogP) is 3.57. The van der Waals surface area contributed by atoms with Crippen LogP contribution in [-0.2, 0) is 31.1 Å². The second kappa shape index (κ2) is 8.62. The van der Waals surface area contributed by atoms with Crippen molar-refractivity contribution in [3.05, 3.63) is 89.6 Å². The standard InChI is InChI=1S/C31H26N4O5/c1-16-6-5-8-22-27(16)33-30(39)31(22)26-25(24(34-31)14-18-15-32-23-9-4-3-7-21(18)23)28(37)35(29(26)38)19-10-12-20(13-11-19)40-17(2)36/h3-13,15,24-26,32,34H,14H2,1-2H3,(H,33,39)/t24-,25+,26-,31-/m0/s1. The van der Waals surface area contributed by atoms with Crippen LogP contribution in [0, 0.1) is 18.8 Å². The molecule has 0 bridgehead atoms. The number of H-pyrrole nitrogens is 1. The molecule has 0 aliphatic carbocycles. The summed E-state index contributed by atoms with van der Waals surface area (Å²) in [7, 11) is 0. The highest BCUT2D eigenvalue weighted by Crippen LogP contribution is 2.54. The summed E-state index contributed by atoms with van der Waals surface area (Å²) >= 11 is 0. The summed E-state index contributed by atoms with van der Waals surface area (Å²) in [5.41, 5.74) is 3.20. The zero-order valence-electron chi connectivity index (χ0n) is 21.9. The lowest BCUT2D eigenvalue weighted by molar-refractivity contribution is -0.132. The molecule has 0 saturated carbocycles. The van der Waals surface area contributed by atoms with Gasteiger partial charge in [0, 0.05) is 41.3 Å². The van der Waals surface area contributed by atoms with Crippen molar-refractivity contribution in [1.29, 1.82) is 0 Å². The maximum atomic E-state index is 14.2. The third-order valence-electron chi connectivity index (χ3n) is 8.43. The van der Waals surface area contributed by atoms with Crippen molar-refractivity contribution in [3.63, 3.8) is 0 Å². The Morgan fingerprint density at radius 2 is 1.75 bits per heavy atom. The highest BCUT2D eigenvalue weighted by Gasteiger charge is 2.70. The molecule has 9 nitrogen and oxygen atoms in total. The molecule has 40 heavy (non-hydrogen) atoms. The molecule has 3 N–H and O–H groups in total. The van der Waals surface area contributed by atoms with Crippen molar-refractivity contribution in [2.75, 3.05) is 10.2 Å². The van der Waals surface area contributed by atoms with E-state index in [1.54, 1.807) is 24.3 Å². The van der Waals surface area contributed by atoms with Gasteiger partial charge in [0.1, 0.15) is 11.3 Å². The summed E-state index contributed by atoms with van der Waals surface area (Å²) < 4.78 is 5.12. The molecule has 2 fully saturated rings. The van der Waals surface area contributed by atoms with Crippen LogP contribution >= 0.6 is 0 Å². The molecule has 0 radical (unpaired) electrons. The topological polar surface area (TPSA) is 121 Å². The van der Waals surface area contributed by atoms with E-state index in [1.165, 1.54) is 11.8 Å². The van der Waals surface area contributed by atoms with E-state index in [1.807, 2.05) is 55.6 Å². The number of anilines is 2. The van der Waals surface area contributed by atoms with E-state index in [-0.39, 0.29) is 11.8 Å². The first-order valence-corrected chi connectivity index (χ1v) is 13.2. The number of ether oxygens (including phenoxy) is 1. The number of aromatic amines is 1. The Bertz CT molecular complexity index is 1740. The summed E-state index contributed by atoms with van der Waals surface area (Å²) in [6.45, 7) is 3.21. The van der Waals surface area contributed by atoms with Crippen molar-refractivity contribution >= 4 is 46.0 Å². The molecule has 9 heteroatoms. The molecule has 3 aliphatic rings. The SMILES string of the molecule is CC(=O)Oc1ccc(N2C(=O)[C@@H]3[C@H](Cc4c[nH]c5ccccc45)N[C@]4(C(=O)Nc5c(C)cccc54)[C@@H]3C2=O)cc1. The van der Waals surface area contributed by atoms with E-state index in [0.717, 1.165) is 22.0 Å². The Hall–Kier alpha value is -4.76. The molecule has 3 amide bonds. The third kappa shape index (κ3) is 3.31. The summed E-state index contributed by atoms with van der Waals surface area (Å²) in [5, 5.41) is 7.55. The van der Waals surface area contributed by atoms with Crippen LogP contribution in [0.3, 0.4) is 0 Å². The molecular formula is C31H26N4O5. The first-order chi connectivity index (χ1) is 19.3. The molecule has 4 aromatic rings. The van der Waals surface area contributed by atoms with Crippen LogP contribution in [-0.4, -0.2) is 34.7 Å². The van der Waals surface area contributed by atoms with E-state index in [4.69, 9.17) is 4.74 Å². The Kier molecular flexibility index (Phi) is 5.24. The predicted molar refractivity (Wildman–Crippen MR) is 148 cm³/mol. The molecule has 7 rings (SSSR count). The van der Waals surface area contributed by atoms with Gasteiger partial charge in [-0.05, 0) is 54.8 Å². The van der Waals surface area contributed by atoms with Gasteiger partial charge in [0.25, 0.3) is 0 Å². The number of hydrogen-bond donors (Lipinski definition) is 3. The second-order valence-electron chi connectivity index (χ2n) is 10.7. The maximum absolute atomic E-state index is 14.2. The highest BCUT2D eigenvalue weighted by molar-refractivity contribution is 6.26. The Morgan fingerprint density at radius 3 is 2.52 bits per heavy atom. The number of imide groups is 1. The van der Waals surface area contributed by atoms with Gasteiger partial charge in [0.15, 0.2) is 0 Å². The molecule has 4 atom stereocenters. The van der Waals surface area contributed by atoms with Gasteiger partial charge in [-0.15, -0.1) is 0 Å². The van der Waals surface area contributed by atoms with E-state index in [2.05, 4.69) is 15.6 Å². The second-order valence-corrected chi connectivity index (χ2v) is 10.7. The molecule has 0 unspecified atom stereocenters. The molecular weight excluding hydrogens is 508 g/mol. The number of hydrogen-bond acceptors (Lipinski definition) is 6. The summed E-state index contributed by atoms with van der Waals surface area (Å²) in [6, 6.07) is 19.3. The van der Waals surface area contributed by atoms with Crippen LogP contribution in [0.15, 0.2) is 72.9 Å². The number of aryl methyl sites for hydroxylation is 1. The lowest BCUT2D eigenvalue weighted by Crippen LogP contribution is -2.53. The van der Waals surface area contributed by atoms with Crippen LogP contribution in [0.4, 0.5) is 11.4 Å². The zero-order chi connectivity index (χ0) is 27.8. The van der Waals surface area contributed by atoms with Crippen LogP contribution in [0.25, 0.3) is 10.9 Å². The number of carbonyl (C=O) groups is 4. The summed E-state index contributed by atoms with van der Waals surface area (Å²) in [4.78, 5) is 58.0. The quantitative estimate of drug-likeness (QED) is 0.209. The number of nitrogens with zero attached hydrogens (tertiary/aromatic N) is 1. The van der Waals surface area contributed by atoms with Crippen molar-refractivity contribution in [2.24, 2.45) is 11.8 Å². The van der Waals surface area contributed by atoms with E-state index in [9.17, 15) is 19.2 Å². The molecule has 3 aromatic carbocycles. The third-order valence-corrected chi connectivity index (χ3v) is 8.43. The Labute approximate surface area is 229 Å². The number of aromatic nitrogens is 1. The fraction of sp³-hybridized carbons (Fsp3) is 0.226. The molecule has 1 spiro atoms. The Balaban J connectivity index is 1.34. The lowest BCUT2D eigenvalue weighted by Gasteiger charge is -2.29. The van der Waals surface area contributed by atoms with E-state index < -0.39 is 35.3 Å². The van der Waals surface area contributed by atoms with Gasteiger partial charge in [-0.2, -0.15) is 0 Å². The molecule has 3 aliphatic heterocycles. The van der Waals surface area contributed by atoms with Crippen LogP contribution < -0.4 is 20.3 Å². The number of amides is 3. The average molecular weight is 535 g/mol. The van der Waals surface area contributed by atoms with Crippen LogP contribution in [0.5, 0.6) is 5.75 Å². The molecule has 4 heterocycles. The monoisotopic (exact) mass is 534 g/mol. The number of benzene rings is 3. The number of nitrogens with one attached hydrogen (secondary N) is 3. The first kappa shape index (κ1) is 24.3. The van der Waals surface area contributed by atoms with Crippen molar-refractivity contribution < 1.29 is 23.9 Å². The number of rotatable bonds is 4. The smallest absolute Gasteiger partial charge is 0.308 e. The van der Waals surface area contributed by atoms with E-state index in [0.29, 0.717) is 29.1 Å². The number of fused-ring (bicyclic) bond motifs is 5. The minimum Gasteiger partial charge on any atom is -0.427 e. The fourth-order valence-corrected chi connectivity index (χ4v) is 6.77. The molecule has 1 aromatic heterocycles. The van der Waals surface area contributed by atoms with Crippen LogP contribution in [0.2, 0.25) is 0 Å². The number of para-hydroxylation sites is 2. The maximum Gasteiger partial charge on any atom is 0.308 e. The summed E-state index contributed by atoms with van der Waals surface area (Å²) in [6.07, 6.45) is 2.37. The van der Waals surface area contributed by atoms with Gasteiger partial charge in [0.2, 0.25) is 17.7 Å². The summed E-state index contributed by atoms with van der Waals surface area (Å²) in [5.74, 6) is -3.00. The number of carbonyl (C=O) groups excluding carboxylic acids is 4. The van der Waals surface area contributed by atoms with Gasteiger partial charge in [-0.25, -0.2) is 4.90 Å². The van der Waals surface area contributed by atoms with Gasteiger partial charge in [-0.3, -0.25) is 24.5 Å². The van der Waals surface area contributed by atoms with Gasteiger partial charge >= 0.3 is 5.97 Å². The highest BCUT2D eigenvalue weighted by atomic mass is 16.5. The Morgan fingerprint density at radius 1 is 0.975 bits per heavy atom. The van der Waals surface area contributed by atoms with Crippen molar-refractivity contribution in [3.8, 4) is 5.75 Å². The minimum absolute atomic E-state index is 0.311. The largest absolute Gasteiger partial charge is 0.427 e. The van der Waals surface area contributed by atoms with E-state index >= 15 is 0 Å². The van der Waals surface area contributed by atoms with Crippen molar-refractivity contribution in [1.82, 2.24) is 10.3 Å². The molecule has 2 saturated heterocycles. The number of esters is 1. The minimum atomic E-state index is -1.39.